The van der Waals surface area contributed by atoms with Gasteiger partial charge in [-0.3, -0.25) is 4.79 Å². The molecule has 1 N–H and O–H groups in total. The Morgan fingerprint density at radius 2 is 1.74 bits per heavy atom. The van der Waals surface area contributed by atoms with Crippen molar-refractivity contribution in [1.82, 2.24) is 0 Å². The standard InChI is InChI=1S/C28H20Cl2N2O3/c1-34-26-15-18(14-24(30)27(26)35-17-20-8-3-5-11-23(20)29)13-21(16-31)28(33)32-25-12-6-9-19-7-2-4-10-22(19)25/h2-15H,17H2,1H3,(H,32,33)/b21-13+. The number of amides is 1. The smallest absolute Gasteiger partial charge is 0.266 e. The van der Waals surface area contributed by atoms with Crippen LogP contribution in [0.5, 0.6) is 11.5 Å². The lowest BCUT2D eigenvalue weighted by atomic mass is 10.1. The van der Waals surface area contributed by atoms with Gasteiger partial charge in [0.05, 0.1) is 12.1 Å². The minimum absolute atomic E-state index is 0.0826. The molecule has 5 nitrogen and oxygen atoms in total. The molecule has 4 aromatic rings. The van der Waals surface area contributed by atoms with E-state index in [4.69, 9.17) is 32.7 Å². The molecule has 0 saturated carbocycles. The van der Waals surface area contributed by atoms with Crippen molar-refractivity contribution in [3.05, 3.63) is 106 Å². The van der Waals surface area contributed by atoms with E-state index in [-0.39, 0.29) is 17.2 Å². The third-order valence-corrected chi connectivity index (χ3v) is 5.95. The van der Waals surface area contributed by atoms with Gasteiger partial charge in [-0.15, -0.1) is 0 Å². The molecule has 0 bridgehead atoms. The Kier molecular flexibility index (Phi) is 7.57. The molecule has 1 amide bonds. The van der Waals surface area contributed by atoms with Crippen LogP contribution in [0.25, 0.3) is 16.8 Å². The Balaban J connectivity index is 1.58. The maximum absolute atomic E-state index is 12.9. The van der Waals surface area contributed by atoms with Crippen LogP contribution in [-0.2, 0) is 11.4 Å². The van der Waals surface area contributed by atoms with E-state index in [1.165, 1.54) is 13.2 Å². The molecular weight excluding hydrogens is 483 g/mol. The molecule has 0 saturated heterocycles. The Labute approximate surface area is 213 Å². The summed E-state index contributed by atoms with van der Waals surface area (Å²) in [6.45, 7) is 0.196. The van der Waals surface area contributed by atoms with Crippen molar-refractivity contribution in [1.29, 1.82) is 5.26 Å². The molecule has 0 heterocycles. The Morgan fingerprint density at radius 1 is 1.00 bits per heavy atom. The van der Waals surface area contributed by atoms with Gasteiger partial charge in [0.2, 0.25) is 0 Å². The number of carbonyl (C=O) groups excluding carboxylic acids is 1. The zero-order chi connectivity index (χ0) is 24.8. The van der Waals surface area contributed by atoms with Crippen LogP contribution in [0.1, 0.15) is 11.1 Å². The molecule has 0 aliphatic heterocycles. The molecule has 4 aromatic carbocycles. The average Bonchev–Trinajstić information content (AvgIpc) is 2.87. The van der Waals surface area contributed by atoms with Crippen LogP contribution in [0.15, 0.2) is 84.4 Å². The van der Waals surface area contributed by atoms with Crippen LogP contribution < -0.4 is 14.8 Å². The second-order valence-corrected chi connectivity index (χ2v) is 8.38. The van der Waals surface area contributed by atoms with E-state index >= 15 is 0 Å². The number of hydrogen-bond donors (Lipinski definition) is 1. The summed E-state index contributed by atoms with van der Waals surface area (Å²) in [5.74, 6) is 0.172. The molecule has 4 rings (SSSR count). The van der Waals surface area contributed by atoms with Gasteiger partial charge >= 0.3 is 0 Å². The third-order valence-electron chi connectivity index (χ3n) is 5.30. The number of rotatable bonds is 7. The zero-order valence-electron chi connectivity index (χ0n) is 18.7. The minimum Gasteiger partial charge on any atom is -0.493 e. The second-order valence-electron chi connectivity index (χ2n) is 7.56. The van der Waals surface area contributed by atoms with E-state index in [0.717, 1.165) is 16.3 Å². The molecule has 0 spiro atoms. The van der Waals surface area contributed by atoms with E-state index in [2.05, 4.69) is 5.32 Å². The second kappa shape index (κ2) is 11.0. The largest absolute Gasteiger partial charge is 0.493 e. The fourth-order valence-corrected chi connectivity index (χ4v) is 4.03. The first-order valence-electron chi connectivity index (χ1n) is 10.6. The number of methoxy groups -OCH3 is 1. The van der Waals surface area contributed by atoms with Crippen molar-refractivity contribution in [2.45, 2.75) is 6.61 Å². The van der Waals surface area contributed by atoms with Crippen molar-refractivity contribution in [2.75, 3.05) is 12.4 Å². The maximum atomic E-state index is 12.9. The SMILES string of the molecule is COc1cc(/C=C(\C#N)C(=O)Nc2cccc3ccccc23)cc(Cl)c1OCc1ccccc1Cl. The lowest BCUT2D eigenvalue weighted by molar-refractivity contribution is -0.112. The molecular formula is C28H20Cl2N2O3. The van der Waals surface area contributed by atoms with Crippen LogP contribution in [0.4, 0.5) is 5.69 Å². The van der Waals surface area contributed by atoms with Crippen molar-refractivity contribution in [3.8, 4) is 17.6 Å². The summed E-state index contributed by atoms with van der Waals surface area (Å²) in [5.41, 5.74) is 1.85. The van der Waals surface area contributed by atoms with Gasteiger partial charge in [0, 0.05) is 21.7 Å². The topological polar surface area (TPSA) is 71.3 Å². The number of hydrogen-bond acceptors (Lipinski definition) is 4. The van der Waals surface area contributed by atoms with Crippen molar-refractivity contribution < 1.29 is 14.3 Å². The number of fused-ring (bicyclic) bond motifs is 1. The number of ether oxygens (including phenoxy) is 2. The average molecular weight is 503 g/mol. The zero-order valence-corrected chi connectivity index (χ0v) is 20.2. The van der Waals surface area contributed by atoms with E-state index in [0.29, 0.717) is 27.8 Å². The van der Waals surface area contributed by atoms with Gasteiger partial charge in [0.25, 0.3) is 5.91 Å². The lowest BCUT2D eigenvalue weighted by Crippen LogP contribution is -2.13. The molecule has 174 valence electrons. The Hall–Kier alpha value is -3.98. The predicted octanol–water partition coefficient (Wildman–Crippen LogP) is 7.28. The fourth-order valence-electron chi connectivity index (χ4n) is 3.57. The molecule has 35 heavy (non-hydrogen) atoms. The van der Waals surface area contributed by atoms with Gasteiger partial charge in [-0.05, 0) is 41.3 Å². The minimum atomic E-state index is -0.530. The summed E-state index contributed by atoms with van der Waals surface area (Å²) >= 11 is 12.7. The van der Waals surface area contributed by atoms with Crippen LogP contribution in [0, 0.1) is 11.3 Å². The summed E-state index contributed by atoms with van der Waals surface area (Å²) in [6, 6.07) is 25.8. The molecule has 0 aromatic heterocycles. The number of benzene rings is 4. The lowest BCUT2D eigenvalue weighted by Gasteiger charge is -2.14. The van der Waals surface area contributed by atoms with Gasteiger partial charge in [-0.1, -0.05) is 77.8 Å². The highest BCUT2D eigenvalue weighted by Gasteiger charge is 2.15. The number of nitriles is 1. The van der Waals surface area contributed by atoms with E-state index in [1.807, 2.05) is 60.7 Å². The molecule has 0 atom stereocenters. The van der Waals surface area contributed by atoms with Crippen LogP contribution >= 0.6 is 23.2 Å². The third kappa shape index (κ3) is 5.58. The summed E-state index contributed by atoms with van der Waals surface area (Å²) in [7, 11) is 1.49. The van der Waals surface area contributed by atoms with Gasteiger partial charge < -0.3 is 14.8 Å². The first-order valence-corrected chi connectivity index (χ1v) is 11.4. The summed E-state index contributed by atoms with van der Waals surface area (Å²) in [6.07, 6.45) is 1.45. The van der Waals surface area contributed by atoms with E-state index in [1.54, 1.807) is 24.3 Å². The first kappa shape index (κ1) is 24.2. The van der Waals surface area contributed by atoms with Gasteiger partial charge in [0.15, 0.2) is 11.5 Å². The van der Waals surface area contributed by atoms with E-state index in [9.17, 15) is 10.1 Å². The first-order chi connectivity index (χ1) is 17.0. The van der Waals surface area contributed by atoms with Gasteiger partial charge in [0.1, 0.15) is 18.2 Å². The monoisotopic (exact) mass is 502 g/mol. The number of anilines is 1. The van der Waals surface area contributed by atoms with Crippen LogP contribution in [0.2, 0.25) is 10.0 Å². The number of carbonyl (C=O) groups is 1. The summed E-state index contributed by atoms with van der Waals surface area (Å²) in [4.78, 5) is 12.9. The Bertz CT molecular complexity index is 1470. The van der Waals surface area contributed by atoms with Crippen molar-refractivity contribution >= 4 is 51.6 Å². The number of halogens is 2. The highest BCUT2D eigenvalue weighted by Crippen LogP contribution is 2.38. The number of nitrogens with one attached hydrogen (secondary N) is 1. The highest BCUT2D eigenvalue weighted by molar-refractivity contribution is 6.32. The molecule has 0 unspecified atom stereocenters. The van der Waals surface area contributed by atoms with Crippen LogP contribution in [-0.4, -0.2) is 13.0 Å². The molecule has 0 aliphatic carbocycles. The van der Waals surface area contributed by atoms with Gasteiger partial charge in [-0.25, -0.2) is 0 Å². The maximum Gasteiger partial charge on any atom is 0.266 e. The van der Waals surface area contributed by atoms with E-state index < -0.39 is 5.91 Å². The summed E-state index contributed by atoms with van der Waals surface area (Å²) < 4.78 is 11.3. The Morgan fingerprint density at radius 3 is 2.51 bits per heavy atom. The van der Waals surface area contributed by atoms with Crippen molar-refractivity contribution in [2.24, 2.45) is 0 Å². The fraction of sp³-hybridized carbons (Fsp3) is 0.0714. The molecule has 7 heteroatoms. The van der Waals surface area contributed by atoms with Crippen LogP contribution in [0.3, 0.4) is 0 Å². The molecule has 0 fully saturated rings. The number of nitrogens with zero attached hydrogens (tertiary/aromatic N) is 1. The predicted molar refractivity (Wildman–Crippen MR) is 140 cm³/mol. The van der Waals surface area contributed by atoms with Gasteiger partial charge in [-0.2, -0.15) is 5.26 Å². The highest BCUT2D eigenvalue weighted by atomic mass is 35.5. The molecule has 0 radical (unpaired) electrons. The summed E-state index contributed by atoms with van der Waals surface area (Å²) in [5, 5.41) is 15.2. The normalized spacial score (nSPS) is 11.1. The quantitative estimate of drug-likeness (QED) is 0.213. The molecule has 0 aliphatic rings. The van der Waals surface area contributed by atoms with Crippen molar-refractivity contribution in [3.63, 3.8) is 0 Å².